The van der Waals surface area contributed by atoms with Gasteiger partial charge in [-0.25, -0.2) is 4.98 Å². The van der Waals surface area contributed by atoms with Gasteiger partial charge in [-0.1, -0.05) is 12.1 Å². The standard InChI is InChI=1S/C24H21N5O4/c1-14-10-21(27-22-17(14)6-5-7-19(22)32-3)29-23(16(12-25)13-26-29)28-24(30)15-8-9-18(31-2)20(11-15)33-4/h5-11,13H,1-4H3,(H,28,30). The molecule has 0 aliphatic carbocycles. The highest BCUT2D eigenvalue weighted by Crippen LogP contribution is 2.30. The minimum atomic E-state index is -0.440. The van der Waals surface area contributed by atoms with Gasteiger partial charge in [0.1, 0.15) is 22.9 Å². The van der Waals surface area contributed by atoms with Crippen LogP contribution in [-0.4, -0.2) is 42.0 Å². The fourth-order valence-electron chi connectivity index (χ4n) is 3.53. The lowest BCUT2D eigenvalue weighted by atomic mass is 10.1. The number of amides is 1. The number of aryl methyl sites for hydroxylation is 1. The molecule has 0 atom stereocenters. The Kier molecular flexibility index (Phi) is 5.83. The number of para-hydroxylation sites is 1. The van der Waals surface area contributed by atoms with Gasteiger partial charge in [-0.05, 0) is 42.8 Å². The molecule has 2 heterocycles. The second-order valence-corrected chi connectivity index (χ2v) is 7.11. The molecule has 0 saturated carbocycles. The third-order valence-electron chi connectivity index (χ3n) is 5.20. The Balaban J connectivity index is 1.78. The molecule has 0 radical (unpaired) electrons. The Hall–Kier alpha value is -4.58. The Morgan fingerprint density at radius 2 is 1.79 bits per heavy atom. The maximum absolute atomic E-state index is 13.0. The van der Waals surface area contributed by atoms with Crippen LogP contribution in [0.4, 0.5) is 5.82 Å². The Bertz CT molecular complexity index is 1400. The van der Waals surface area contributed by atoms with Gasteiger partial charge in [0.15, 0.2) is 23.1 Å². The van der Waals surface area contributed by atoms with Crippen molar-refractivity contribution in [3.8, 4) is 29.1 Å². The summed E-state index contributed by atoms with van der Waals surface area (Å²) in [5.41, 5.74) is 2.12. The van der Waals surface area contributed by atoms with E-state index in [1.807, 2.05) is 31.2 Å². The van der Waals surface area contributed by atoms with E-state index >= 15 is 0 Å². The number of carbonyl (C=O) groups excluding carboxylic acids is 1. The number of benzene rings is 2. The lowest BCUT2D eigenvalue weighted by molar-refractivity contribution is 0.102. The van der Waals surface area contributed by atoms with Gasteiger partial charge < -0.3 is 19.5 Å². The molecule has 0 bridgehead atoms. The number of ether oxygens (including phenoxy) is 3. The molecule has 166 valence electrons. The number of hydrogen-bond acceptors (Lipinski definition) is 7. The van der Waals surface area contributed by atoms with Gasteiger partial charge in [0.25, 0.3) is 5.91 Å². The van der Waals surface area contributed by atoms with E-state index in [-0.39, 0.29) is 11.4 Å². The van der Waals surface area contributed by atoms with Gasteiger partial charge in [-0.15, -0.1) is 0 Å². The van der Waals surface area contributed by atoms with E-state index in [0.29, 0.717) is 34.1 Å². The molecule has 2 aromatic heterocycles. The van der Waals surface area contributed by atoms with Gasteiger partial charge in [0, 0.05) is 10.9 Å². The average molecular weight is 443 g/mol. The van der Waals surface area contributed by atoms with Crippen molar-refractivity contribution in [2.45, 2.75) is 6.92 Å². The van der Waals surface area contributed by atoms with Crippen molar-refractivity contribution in [1.29, 1.82) is 5.26 Å². The van der Waals surface area contributed by atoms with E-state index in [1.54, 1.807) is 25.3 Å². The first-order chi connectivity index (χ1) is 16.0. The molecule has 0 saturated heterocycles. The summed E-state index contributed by atoms with van der Waals surface area (Å²) in [6, 6.07) is 14.4. The number of carbonyl (C=O) groups is 1. The van der Waals surface area contributed by atoms with Crippen LogP contribution in [0.15, 0.2) is 48.7 Å². The molecule has 0 spiro atoms. The fraction of sp³-hybridized carbons (Fsp3) is 0.167. The summed E-state index contributed by atoms with van der Waals surface area (Å²) in [5, 5.41) is 17.6. The van der Waals surface area contributed by atoms with E-state index in [9.17, 15) is 10.1 Å². The minimum absolute atomic E-state index is 0.198. The summed E-state index contributed by atoms with van der Waals surface area (Å²) in [6.07, 6.45) is 1.38. The molecular weight excluding hydrogens is 422 g/mol. The first kappa shape index (κ1) is 21.6. The predicted molar refractivity (Wildman–Crippen MR) is 122 cm³/mol. The number of aromatic nitrogens is 3. The molecule has 4 aromatic rings. The molecule has 9 heteroatoms. The zero-order valence-electron chi connectivity index (χ0n) is 18.5. The zero-order chi connectivity index (χ0) is 23.5. The number of fused-ring (bicyclic) bond motifs is 1. The van der Waals surface area contributed by atoms with Crippen LogP contribution in [-0.2, 0) is 0 Å². The van der Waals surface area contributed by atoms with Crippen LogP contribution in [0.5, 0.6) is 17.2 Å². The topological polar surface area (TPSA) is 111 Å². The third-order valence-corrected chi connectivity index (χ3v) is 5.20. The van der Waals surface area contributed by atoms with Crippen LogP contribution < -0.4 is 19.5 Å². The van der Waals surface area contributed by atoms with Crippen molar-refractivity contribution in [1.82, 2.24) is 14.8 Å². The van der Waals surface area contributed by atoms with E-state index in [0.717, 1.165) is 10.9 Å². The van der Waals surface area contributed by atoms with Crippen molar-refractivity contribution >= 4 is 22.6 Å². The normalized spacial score (nSPS) is 10.5. The van der Waals surface area contributed by atoms with Gasteiger partial charge in [0.05, 0.1) is 27.5 Å². The number of anilines is 1. The van der Waals surface area contributed by atoms with Crippen LogP contribution in [0.25, 0.3) is 16.7 Å². The molecule has 33 heavy (non-hydrogen) atoms. The first-order valence-electron chi connectivity index (χ1n) is 9.97. The van der Waals surface area contributed by atoms with Crippen LogP contribution in [0, 0.1) is 18.3 Å². The Morgan fingerprint density at radius 3 is 2.48 bits per heavy atom. The molecule has 0 aliphatic heterocycles. The lowest BCUT2D eigenvalue weighted by Crippen LogP contribution is -2.16. The minimum Gasteiger partial charge on any atom is -0.494 e. The lowest BCUT2D eigenvalue weighted by Gasteiger charge is -2.13. The smallest absolute Gasteiger partial charge is 0.256 e. The SMILES string of the molecule is COc1ccc(C(=O)Nc2c(C#N)cnn2-c2cc(C)c3cccc(OC)c3n2)cc1OC. The average Bonchev–Trinajstić information content (AvgIpc) is 3.25. The predicted octanol–water partition coefficient (Wildman–Crippen LogP) is 3.88. The maximum atomic E-state index is 13.0. The van der Waals surface area contributed by atoms with Crippen molar-refractivity contribution in [2.24, 2.45) is 0 Å². The van der Waals surface area contributed by atoms with Gasteiger partial charge >= 0.3 is 0 Å². The molecule has 0 fully saturated rings. The third kappa shape index (κ3) is 3.90. The van der Waals surface area contributed by atoms with E-state index in [2.05, 4.69) is 16.5 Å². The quantitative estimate of drug-likeness (QED) is 0.481. The molecule has 0 aliphatic rings. The molecule has 1 N–H and O–H groups in total. The van der Waals surface area contributed by atoms with Gasteiger partial charge in [-0.2, -0.15) is 15.0 Å². The number of nitriles is 1. The number of nitrogens with zero attached hydrogens (tertiary/aromatic N) is 4. The number of nitrogens with one attached hydrogen (secondary N) is 1. The van der Waals surface area contributed by atoms with E-state index in [1.165, 1.54) is 25.1 Å². The molecular formula is C24H21N5O4. The second-order valence-electron chi connectivity index (χ2n) is 7.11. The summed E-state index contributed by atoms with van der Waals surface area (Å²) < 4.78 is 17.4. The number of rotatable bonds is 6. The number of methoxy groups -OCH3 is 3. The highest BCUT2D eigenvalue weighted by Gasteiger charge is 2.19. The Morgan fingerprint density at radius 1 is 1.03 bits per heavy atom. The van der Waals surface area contributed by atoms with E-state index < -0.39 is 5.91 Å². The van der Waals surface area contributed by atoms with Crippen molar-refractivity contribution < 1.29 is 19.0 Å². The molecule has 0 unspecified atom stereocenters. The highest BCUT2D eigenvalue weighted by molar-refractivity contribution is 6.05. The van der Waals surface area contributed by atoms with Gasteiger partial charge in [0.2, 0.25) is 0 Å². The van der Waals surface area contributed by atoms with Crippen molar-refractivity contribution in [3.05, 3.63) is 65.4 Å². The van der Waals surface area contributed by atoms with Crippen LogP contribution in [0.3, 0.4) is 0 Å². The van der Waals surface area contributed by atoms with Gasteiger partial charge in [-0.3, -0.25) is 4.79 Å². The summed E-state index contributed by atoms with van der Waals surface area (Å²) in [4.78, 5) is 17.7. The zero-order valence-corrected chi connectivity index (χ0v) is 18.5. The number of pyridine rings is 1. The molecule has 1 amide bonds. The van der Waals surface area contributed by atoms with E-state index in [4.69, 9.17) is 19.2 Å². The first-order valence-corrected chi connectivity index (χ1v) is 9.97. The highest BCUT2D eigenvalue weighted by atomic mass is 16.5. The summed E-state index contributed by atoms with van der Waals surface area (Å²) in [5.74, 6) is 1.73. The number of hydrogen-bond donors (Lipinski definition) is 1. The maximum Gasteiger partial charge on any atom is 0.256 e. The largest absolute Gasteiger partial charge is 0.494 e. The van der Waals surface area contributed by atoms with Crippen LogP contribution in [0.1, 0.15) is 21.5 Å². The monoisotopic (exact) mass is 443 g/mol. The summed E-state index contributed by atoms with van der Waals surface area (Å²) >= 11 is 0. The summed E-state index contributed by atoms with van der Waals surface area (Å²) in [7, 11) is 4.59. The fourth-order valence-corrected chi connectivity index (χ4v) is 3.53. The van der Waals surface area contributed by atoms with Crippen LogP contribution in [0.2, 0.25) is 0 Å². The Labute approximate surface area is 190 Å². The van der Waals surface area contributed by atoms with Crippen LogP contribution >= 0.6 is 0 Å². The molecule has 9 nitrogen and oxygen atoms in total. The molecule has 4 rings (SSSR count). The van der Waals surface area contributed by atoms with Crippen molar-refractivity contribution in [2.75, 3.05) is 26.6 Å². The second kappa shape index (κ2) is 8.88. The molecule has 2 aromatic carbocycles. The van der Waals surface area contributed by atoms with Crippen molar-refractivity contribution in [3.63, 3.8) is 0 Å². The summed E-state index contributed by atoms with van der Waals surface area (Å²) in [6.45, 7) is 1.95.